The molecule has 0 unspecified atom stereocenters. The third-order valence-corrected chi connectivity index (χ3v) is 4.18. The van der Waals surface area contributed by atoms with Gasteiger partial charge in [0.05, 0.1) is 5.56 Å². The van der Waals surface area contributed by atoms with Gasteiger partial charge in [0.25, 0.3) is 5.91 Å². The predicted octanol–water partition coefficient (Wildman–Crippen LogP) is 2.18. The smallest absolute Gasteiger partial charge is 0.338 e. The molecule has 98 valence electrons. The molecule has 1 atom stereocenters. The molecule has 1 aliphatic rings. The van der Waals surface area contributed by atoms with E-state index in [2.05, 4.69) is 5.32 Å². The van der Waals surface area contributed by atoms with Gasteiger partial charge in [-0.05, 0) is 32.3 Å². The highest BCUT2D eigenvalue weighted by atomic mass is 32.1. The van der Waals surface area contributed by atoms with E-state index in [0.717, 1.165) is 11.3 Å². The van der Waals surface area contributed by atoms with Gasteiger partial charge in [0.1, 0.15) is 11.1 Å². The van der Waals surface area contributed by atoms with Crippen molar-refractivity contribution in [1.82, 2.24) is 0 Å². The summed E-state index contributed by atoms with van der Waals surface area (Å²) in [5.74, 6) is -1.27. The van der Waals surface area contributed by atoms with Gasteiger partial charge in [0.15, 0.2) is 0 Å². The first kappa shape index (κ1) is 13.0. The Balaban J connectivity index is 2.20. The lowest BCUT2D eigenvalue weighted by Crippen LogP contribution is -2.27. The molecule has 2 rings (SSSR count). The highest BCUT2D eigenvalue weighted by molar-refractivity contribution is 7.16. The Bertz CT molecular complexity index is 489. The van der Waals surface area contributed by atoms with Crippen LogP contribution in [0.1, 0.15) is 33.6 Å². The second-order valence-electron chi connectivity index (χ2n) is 4.28. The van der Waals surface area contributed by atoms with Crippen LogP contribution in [0.3, 0.4) is 0 Å². The van der Waals surface area contributed by atoms with Gasteiger partial charge in [-0.1, -0.05) is 0 Å². The first-order chi connectivity index (χ1) is 8.50. The van der Waals surface area contributed by atoms with Crippen LogP contribution in [0.25, 0.3) is 0 Å². The summed E-state index contributed by atoms with van der Waals surface area (Å²) in [4.78, 5) is 24.0. The minimum absolute atomic E-state index is 0.184. The predicted molar refractivity (Wildman–Crippen MR) is 68.4 cm³/mol. The molecule has 2 N–H and O–H groups in total. The third kappa shape index (κ3) is 2.39. The first-order valence-electron chi connectivity index (χ1n) is 5.76. The molecule has 0 aromatic carbocycles. The topological polar surface area (TPSA) is 75.6 Å². The minimum atomic E-state index is -1.01. The number of carbonyl (C=O) groups is 2. The highest BCUT2D eigenvalue weighted by Gasteiger charge is 2.26. The van der Waals surface area contributed by atoms with Crippen LogP contribution < -0.4 is 5.32 Å². The standard InChI is InChI=1S/C12H15NO4S/c1-6-7(2)18-11(9(6)12(15)16)13-10(14)8-4-3-5-17-8/h8H,3-5H2,1-2H3,(H,13,14)(H,15,16)/t8-/m1/s1. The Hall–Kier alpha value is -1.40. The maximum atomic E-state index is 11.9. The molecule has 1 aliphatic heterocycles. The average molecular weight is 269 g/mol. The molecule has 1 aromatic rings. The van der Waals surface area contributed by atoms with E-state index >= 15 is 0 Å². The van der Waals surface area contributed by atoms with Gasteiger partial charge in [-0.2, -0.15) is 0 Å². The van der Waals surface area contributed by atoms with Crippen LogP contribution in [0, 0.1) is 13.8 Å². The van der Waals surface area contributed by atoms with Crippen LogP contribution in [-0.2, 0) is 9.53 Å². The van der Waals surface area contributed by atoms with E-state index in [4.69, 9.17) is 9.84 Å². The number of aromatic carboxylic acids is 1. The summed E-state index contributed by atoms with van der Waals surface area (Å²) in [6.45, 7) is 4.18. The maximum Gasteiger partial charge on any atom is 0.338 e. The number of ether oxygens (including phenoxy) is 1. The fourth-order valence-electron chi connectivity index (χ4n) is 1.95. The van der Waals surface area contributed by atoms with Crippen LogP contribution in [0.15, 0.2) is 0 Å². The van der Waals surface area contributed by atoms with Gasteiger partial charge in [-0.15, -0.1) is 11.3 Å². The van der Waals surface area contributed by atoms with Crippen LogP contribution in [0.5, 0.6) is 0 Å². The summed E-state index contributed by atoms with van der Waals surface area (Å²) < 4.78 is 5.27. The lowest BCUT2D eigenvalue weighted by Gasteiger charge is -2.09. The normalized spacial score (nSPS) is 18.9. The second-order valence-corrected chi connectivity index (χ2v) is 5.51. The summed E-state index contributed by atoms with van der Waals surface area (Å²) >= 11 is 1.29. The van der Waals surface area contributed by atoms with E-state index in [9.17, 15) is 9.59 Å². The molecule has 1 fully saturated rings. The van der Waals surface area contributed by atoms with Crippen molar-refractivity contribution in [3.8, 4) is 0 Å². The van der Waals surface area contributed by atoms with Crippen molar-refractivity contribution >= 4 is 28.2 Å². The molecule has 0 aliphatic carbocycles. The number of carbonyl (C=O) groups excluding carboxylic acids is 1. The number of carboxylic acids is 1. The van der Waals surface area contributed by atoms with Crippen molar-refractivity contribution in [3.05, 3.63) is 16.0 Å². The van der Waals surface area contributed by atoms with Crippen molar-refractivity contribution in [2.24, 2.45) is 0 Å². The number of nitrogens with one attached hydrogen (secondary N) is 1. The third-order valence-electron chi connectivity index (χ3n) is 3.06. The molecule has 1 saturated heterocycles. The van der Waals surface area contributed by atoms with E-state index in [0.29, 0.717) is 23.6 Å². The summed E-state index contributed by atoms with van der Waals surface area (Å²) in [6.07, 6.45) is 1.11. The molecule has 2 heterocycles. The summed E-state index contributed by atoms with van der Waals surface area (Å²) in [5, 5.41) is 12.2. The number of thiophene rings is 1. The van der Waals surface area contributed by atoms with Crippen LogP contribution in [-0.4, -0.2) is 29.7 Å². The Kier molecular flexibility index (Phi) is 3.68. The van der Waals surface area contributed by atoms with E-state index in [1.165, 1.54) is 11.3 Å². The molecular weight excluding hydrogens is 254 g/mol. The SMILES string of the molecule is Cc1sc(NC(=O)[C@H]2CCCO2)c(C(=O)O)c1C. The summed E-state index contributed by atoms with van der Waals surface area (Å²) in [6, 6.07) is 0. The van der Waals surface area contributed by atoms with Crippen molar-refractivity contribution < 1.29 is 19.4 Å². The number of rotatable bonds is 3. The zero-order valence-corrected chi connectivity index (χ0v) is 11.1. The molecule has 5 nitrogen and oxygen atoms in total. The number of carboxylic acid groups (broad SMARTS) is 1. The van der Waals surface area contributed by atoms with Crippen LogP contribution in [0.4, 0.5) is 5.00 Å². The van der Waals surface area contributed by atoms with E-state index in [1.807, 2.05) is 6.92 Å². The largest absolute Gasteiger partial charge is 0.478 e. The Labute approximate surface area is 109 Å². The number of amides is 1. The second kappa shape index (κ2) is 5.07. The molecule has 0 spiro atoms. The van der Waals surface area contributed by atoms with E-state index in [1.54, 1.807) is 6.92 Å². The average Bonchev–Trinajstić information content (AvgIpc) is 2.88. The lowest BCUT2D eigenvalue weighted by atomic mass is 10.1. The molecule has 18 heavy (non-hydrogen) atoms. The van der Waals surface area contributed by atoms with Crippen LogP contribution in [0.2, 0.25) is 0 Å². The monoisotopic (exact) mass is 269 g/mol. The molecule has 1 aromatic heterocycles. The molecule has 0 saturated carbocycles. The fraction of sp³-hybridized carbons (Fsp3) is 0.500. The van der Waals surface area contributed by atoms with Crippen molar-refractivity contribution in [2.75, 3.05) is 11.9 Å². The zero-order chi connectivity index (χ0) is 13.3. The van der Waals surface area contributed by atoms with Gasteiger partial charge < -0.3 is 15.2 Å². The first-order valence-corrected chi connectivity index (χ1v) is 6.58. The molecular formula is C12H15NO4S. The van der Waals surface area contributed by atoms with Crippen molar-refractivity contribution in [3.63, 3.8) is 0 Å². The molecule has 6 heteroatoms. The minimum Gasteiger partial charge on any atom is -0.478 e. The Morgan fingerprint density at radius 3 is 2.72 bits per heavy atom. The van der Waals surface area contributed by atoms with Gasteiger partial charge >= 0.3 is 5.97 Å². The fourth-order valence-corrected chi connectivity index (χ4v) is 3.00. The number of hydrogen-bond donors (Lipinski definition) is 2. The Morgan fingerprint density at radius 2 is 2.17 bits per heavy atom. The molecule has 0 radical (unpaired) electrons. The summed E-state index contributed by atoms with van der Waals surface area (Å²) in [5.41, 5.74) is 0.888. The molecule has 0 bridgehead atoms. The Morgan fingerprint density at radius 1 is 1.44 bits per heavy atom. The zero-order valence-electron chi connectivity index (χ0n) is 10.3. The van der Waals surface area contributed by atoms with Crippen molar-refractivity contribution in [2.45, 2.75) is 32.8 Å². The van der Waals surface area contributed by atoms with Gasteiger partial charge in [0, 0.05) is 11.5 Å². The lowest BCUT2D eigenvalue weighted by molar-refractivity contribution is -0.124. The van der Waals surface area contributed by atoms with E-state index in [-0.39, 0.29) is 11.5 Å². The van der Waals surface area contributed by atoms with E-state index < -0.39 is 12.1 Å². The molecule has 1 amide bonds. The van der Waals surface area contributed by atoms with Crippen LogP contribution >= 0.6 is 11.3 Å². The maximum absolute atomic E-state index is 11.9. The van der Waals surface area contributed by atoms with Gasteiger partial charge in [-0.3, -0.25) is 4.79 Å². The highest BCUT2D eigenvalue weighted by Crippen LogP contribution is 2.32. The summed E-state index contributed by atoms with van der Waals surface area (Å²) in [7, 11) is 0. The number of anilines is 1. The number of aryl methyl sites for hydroxylation is 1. The number of hydrogen-bond acceptors (Lipinski definition) is 4. The van der Waals surface area contributed by atoms with Crippen molar-refractivity contribution in [1.29, 1.82) is 0 Å². The van der Waals surface area contributed by atoms with Gasteiger partial charge in [-0.25, -0.2) is 4.79 Å². The van der Waals surface area contributed by atoms with Gasteiger partial charge in [0.2, 0.25) is 0 Å². The quantitative estimate of drug-likeness (QED) is 0.882.